The van der Waals surface area contributed by atoms with Gasteiger partial charge in [-0.2, -0.15) is 9.49 Å². The molecule has 1 fully saturated rings. The Morgan fingerprint density at radius 2 is 2.21 bits per heavy atom. The molecular formula is C16H18FN5O2. The van der Waals surface area contributed by atoms with Crippen molar-refractivity contribution < 1.29 is 14.0 Å². The molecule has 2 amide bonds. The van der Waals surface area contributed by atoms with E-state index in [0.29, 0.717) is 18.8 Å². The van der Waals surface area contributed by atoms with E-state index in [1.165, 1.54) is 6.07 Å². The zero-order valence-corrected chi connectivity index (χ0v) is 13.5. The van der Waals surface area contributed by atoms with Crippen LogP contribution in [0, 0.1) is 12.9 Å². The Hall–Kier alpha value is -2.77. The maximum absolute atomic E-state index is 12.8. The van der Waals surface area contributed by atoms with Gasteiger partial charge < -0.3 is 5.32 Å². The van der Waals surface area contributed by atoms with Gasteiger partial charge in [0.1, 0.15) is 11.9 Å². The third kappa shape index (κ3) is 3.12. The molecule has 1 aliphatic rings. The van der Waals surface area contributed by atoms with Gasteiger partial charge in [-0.05, 0) is 31.9 Å². The van der Waals surface area contributed by atoms with Crippen LogP contribution in [0.5, 0.6) is 0 Å². The molecule has 0 aliphatic carbocycles. The van der Waals surface area contributed by atoms with Crippen LogP contribution in [0.25, 0.3) is 0 Å². The second kappa shape index (κ2) is 6.38. The Morgan fingerprint density at radius 3 is 2.83 bits per heavy atom. The number of nitrogens with zero attached hydrogens (tertiary/aromatic N) is 4. The highest BCUT2D eigenvalue weighted by Gasteiger charge is 2.32. The maximum atomic E-state index is 12.8. The molecule has 1 saturated heterocycles. The van der Waals surface area contributed by atoms with Gasteiger partial charge >= 0.3 is 0 Å². The number of anilines is 1. The molecule has 2 aromatic rings. The summed E-state index contributed by atoms with van der Waals surface area (Å²) in [6, 6.07) is 3.67. The number of rotatable bonds is 3. The third-order valence-corrected chi connectivity index (χ3v) is 3.99. The van der Waals surface area contributed by atoms with Crippen molar-refractivity contribution in [3.63, 3.8) is 0 Å². The highest BCUT2D eigenvalue weighted by Crippen LogP contribution is 2.21. The zero-order chi connectivity index (χ0) is 17.3. The van der Waals surface area contributed by atoms with Gasteiger partial charge in [0.25, 0.3) is 11.8 Å². The van der Waals surface area contributed by atoms with Gasteiger partial charge in [0.15, 0.2) is 0 Å². The first kappa shape index (κ1) is 16.1. The van der Waals surface area contributed by atoms with Crippen LogP contribution in [0.15, 0.2) is 24.4 Å². The van der Waals surface area contributed by atoms with Crippen molar-refractivity contribution in [1.82, 2.24) is 20.1 Å². The molecule has 0 bridgehead atoms. The standard InChI is InChI=1S/C16H18FN5O2/c1-10-8-14(21(2)20-10)22-7-3-4-12(16(22)24)19-15(23)11-5-6-13(17)18-9-11/h5-6,8-9,12H,3-4,7H2,1-2H3,(H,19,23)/t12-/m1/s1. The summed E-state index contributed by atoms with van der Waals surface area (Å²) in [7, 11) is 1.78. The minimum Gasteiger partial charge on any atom is -0.340 e. The number of pyridine rings is 1. The molecule has 2 aromatic heterocycles. The van der Waals surface area contributed by atoms with Crippen molar-refractivity contribution >= 4 is 17.6 Å². The van der Waals surface area contributed by atoms with E-state index in [4.69, 9.17) is 0 Å². The summed E-state index contributed by atoms with van der Waals surface area (Å²) < 4.78 is 14.5. The van der Waals surface area contributed by atoms with Gasteiger partial charge in [-0.3, -0.25) is 19.2 Å². The predicted octanol–water partition coefficient (Wildman–Crippen LogP) is 1.19. The quantitative estimate of drug-likeness (QED) is 0.857. The van der Waals surface area contributed by atoms with Gasteiger partial charge in [-0.15, -0.1) is 0 Å². The van der Waals surface area contributed by atoms with E-state index in [9.17, 15) is 14.0 Å². The van der Waals surface area contributed by atoms with Crippen molar-refractivity contribution in [2.45, 2.75) is 25.8 Å². The minimum absolute atomic E-state index is 0.173. The van der Waals surface area contributed by atoms with Crippen LogP contribution in [0.3, 0.4) is 0 Å². The van der Waals surface area contributed by atoms with Crippen LogP contribution in [-0.2, 0) is 11.8 Å². The fraction of sp³-hybridized carbons (Fsp3) is 0.375. The lowest BCUT2D eigenvalue weighted by Gasteiger charge is -2.32. The molecule has 3 rings (SSSR count). The normalized spacial score (nSPS) is 17.9. The van der Waals surface area contributed by atoms with E-state index in [-0.39, 0.29) is 11.5 Å². The molecule has 3 heterocycles. The van der Waals surface area contributed by atoms with Gasteiger partial charge in [0.05, 0.1) is 11.3 Å². The molecule has 0 saturated carbocycles. The lowest BCUT2D eigenvalue weighted by molar-refractivity contribution is -0.121. The largest absolute Gasteiger partial charge is 0.340 e. The van der Waals surface area contributed by atoms with Crippen LogP contribution < -0.4 is 10.2 Å². The van der Waals surface area contributed by atoms with Crippen molar-refractivity contribution in [2.75, 3.05) is 11.4 Å². The Kier molecular flexibility index (Phi) is 4.28. The number of carbonyl (C=O) groups is 2. The maximum Gasteiger partial charge on any atom is 0.253 e. The smallest absolute Gasteiger partial charge is 0.253 e. The van der Waals surface area contributed by atoms with Gasteiger partial charge in [-0.25, -0.2) is 4.98 Å². The summed E-state index contributed by atoms with van der Waals surface area (Å²) in [4.78, 5) is 30.0. The fourth-order valence-corrected chi connectivity index (χ4v) is 2.84. The Labute approximate surface area is 138 Å². The second-order valence-corrected chi connectivity index (χ2v) is 5.80. The average Bonchev–Trinajstić information content (AvgIpc) is 2.88. The number of piperidine rings is 1. The Morgan fingerprint density at radius 1 is 1.42 bits per heavy atom. The summed E-state index contributed by atoms with van der Waals surface area (Å²) in [6.45, 7) is 2.45. The number of aromatic nitrogens is 3. The Bertz CT molecular complexity index is 771. The topological polar surface area (TPSA) is 80.1 Å². The van der Waals surface area contributed by atoms with E-state index >= 15 is 0 Å². The van der Waals surface area contributed by atoms with Crippen molar-refractivity contribution in [3.05, 3.63) is 41.6 Å². The predicted molar refractivity (Wildman–Crippen MR) is 85.0 cm³/mol. The molecule has 0 spiro atoms. The Balaban J connectivity index is 1.74. The van der Waals surface area contributed by atoms with Gasteiger partial charge in [-0.1, -0.05) is 0 Å². The first-order valence-corrected chi connectivity index (χ1v) is 7.70. The molecule has 1 atom stereocenters. The number of hydrogen-bond acceptors (Lipinski definition) is 4. The van der Waals surface area contributed by atoms with Crippen LogP contribution >= 0.6 is 0 Å². The number of halogens is 1. The monoisotopic (exact) mass is 331 g/mol. The molecule has 1 N–H and O–H groups in total. The van der Waals surface area contributed by atoms with Crippen molar-refractivity contribution in [3.8, 4) is 0 Å². The number of amides is 2. The SMILES string of the molecule is Cc1cc(N2CCC[C@@H](NC(=O)c3ccc(F)nc3)C2=O)n(C)n1. The fourth-order valence-electron chi connectivity index (χ4n) is 2.84. The number of carbonyl (C=O) groups excluding carboxylic acids is 2. The summed E-state index contributed by atoms with van der Waals surface area (Å²) in [5.41, 5.74) is 1.04. The minimum atomic E-state index is -0.655. The number of aryl methyl sites for hydroxylation is 2. The van der Waals surface area contributed by atoms with Crippen LogP contribution in [0.1, 0.15) is 28.9 Å². The van der Waals surface area contributed by atoms with Gasteiger partial charge in [0, 0.05) is 25.9 Å². The molecule has 0 radical (unpaired) electrons. The van der Waals surface area contributed by atoms with Crippen LogP contribution in [-0.4, -0.2) is 39.2 Å². The van der Waals surface area contributed by atoms with Crippen molar-refractivity contribution in [1.29, 1.82) is 0 Å². The molecule has 24 heavy (non-hydrogen) atoms. The number of nitrogens with one attached hydrogen (secondary N) is 1. The van der Waals surface area contributed by atoms with E-state index in [2.05, 4.69) is 15.4 Å². The van der Waals surface area contributed by atoms with E-state index in [0.717, 1.165) is 24.4 Å². The summed E-state index contributed by atoms with van der Waals surface area (Å²) in [5.74, 6) is -0.561. The highest BCUT2D eigenvalue weighted by atomic mass is 19.1. The van der Waals surface area contributed by atoms with Gasteiger partial charge in [0.2, 0.25) is 5.95 Å². The zero-order valence-electron chi connectivity index (χ0n) is 13.5. The van der Waals surface area contributed by atoms with E-state index in [1.54, 1.807) is 16.6 Å². The summed E-state index contributed by atoms with van der Waals surface area (Å²) >= 11 is 0. The molecule has 7 nitrogen and oxygen atoms in total. The van der Waals surface area contributed by atoms with Crippen LogP contribution in [0.4, 0.5) is 10.2 Å². The molecule has 1 aliphatic heterocycles. The third-order valence-electron chi connectivity index (χ3n) is 3.99. The van der Waals surface area contributed by atoms with E-state index < -0.39 is 17.9 Å². The molecule has 0 unspecified atom stereocenters. The molecular weight excluding hydrogens is 313 g/mol. The van der Waals surface area contributed by atoms with E-state index in [1.807, 2.05) is 13.0 Å². The first-order chi connectivity index (χ1) is 11.5. The highest BCUT2D eigenvalue weighted by molar-refractivity contribution is 6.02. The lowest BCUT2D eigenvalue weighted by Crippen LogP contribution is -2.52. The molecule has 126 valence electrons. The summed E-state index contributed by atoms with van der Waals surface area (Å²) in [6.07, 6.45) is 2.48. The van der Waals surface area contributed by atoms with Crippen molar-refractivity contribution in [2.24, 2.45) is 7.05 Å². The lowest BCUT2D eigenvalue weighted by atomic mass is 10.0. The first-order valence-electron chi connectivity index (χ1n) is 7.70. The second-order valence-electron chi connectivity index (χ2n) is 5.80. The average molecular weight is 331 g/mol. The molecule has 0 aromatic carbocycles. The summed E-state index contributed by atoms with van der Waals surface area (Å²) in [5, 5.41) is 6.96. The molecule has 8 heteroatoms. The van der Waals surface area contributed by atoms with Crippen LogP contribution in [0.2, 0.25) is 0 Å². The number of hydrogen-bond donors (Lipinski definition) is 1.